The first-order chi connectivity index (χ1) is 9.69. The van der Waals surface area contributed by atoms with Crippen molar-refractivity contribution in [3.8, 4) is 5.75 Å². The Morgan fingerprint density at radius 2 is 2.00 bits per heavy atom. The Morgan fingerprint density at radius 1 is 1.30 bits per heavy atom. The lowest BCUT2D eigenvalue weighted by Crippen LogP contribution is -2.20. The molecule has 2 rings (SSSR count). The SMILES string of the molecule is CCCCCN1C=COc2ccccc21.O=CN(S)S. The fraction of sp³-hybridized carbons (Fsp3) is 0.357. The Kier molecular flexibility index (Phi) is 8.06. The molecule has 1 aromatic rings. The van der Waals surface area contributed by atoms with Crippen LogP contribution in [0.25, 0.3) is 0 Å². The van der Waals surface area contributed by atoms with Gasteiger partial charge in [-0.15, -0.1) is 0 Å². The lowest BCUT2D eigenvalue weighted by atomic mass is 10.2. The smallest absolute Gasteiger partial charge is 0.229 e. The van der Waals surface area contributed by atoms with Gasteiger partial charge in [-0.2, -0.15) is 0 Å². The minimum atomic E-state index is 0.478. The summed E-state index contributed by atoms with van der Waals surface area (Å²) < 4.78 is 6.27. The molecule has 6 heteroatoms. The third-order valence-corrected chi connectivity index (χ3v) is 2.90. The van der Waals surface area contributed by atoms with Gasteiger partial charge in [-0.1, -0.05) is 57.5 Å². The molecule has 0 N–H and O–H groups in total. The van der Waals surface area contributed by atoms with Crippen molar-refractivity contribution in [3.63, 3.8) is 0 Å². The molecule has 1 aromatic carbocycles. The highest BCUT2D eigenvalue weighted by Gasteiger charge is 2.12. The Morgan fingerprint density at radius 3 is 2.65 bits per heavy atom. The summed E-state index contributed by atoms with van der Waals surface area (Å²) in [4.78, 5) is 11.5. The van der Waals surface area contributed by atoms with Crippen LogP contribution in [0.4, 0.5) is 5.69 Å². The van der Waals surface area contributed by atoms with Crippen molar-refractivity contribution in [2.45, 2.75) is 26.2 Å². The number of carbonyl (C=O) groups excluding carboxylic acids is 1. The number of benzene rings is 1. The van der Waals surface area contributed by atoms with E-state index in [0.29, 0.717) is 6.41 Å². The van der Waals surface area contributed by atoms with Gasteiger partial charge in [0, 0.05) is 12.7 Å². The molecule has 1 heterocycles. The summed E-state index contributed by atoms with van der Waals surface area (Å²) in [5.41, 5.74) is 1.18. The minimum absolute atomic E-state index is 0.478. The van der Waals surface area contributed by atoms with Gasteiger partial charge in [0.05, 0.1) is 5.69 Å². The second-order valence-electron chi connectivity index (χ2n) is 4.20. The van der Waals surface area contributed by atoms with Crippen LogP contribution in [0.2, 0.25) is 0 Å². The van der Waals surface area contributed by atoms with Crippen molar-refractivity contribution in [1.29, 1.82) is 0 Å². The second kappa shape index (κ2) is 9.61. The number of fused-ring (bicyclic) bond motifs is 1. The van der Waals surface area contributed by atoms with E-state index in [-0.39, 0.29) is 0 Å². The van der Waals surface area contributed by atoms with Crippen LogP contribution in [0.3, 0.4) is 0 Å². The van der Waals surface area contributed by atoms with E-state index < -0.39 is 0 Å². The molecule has 0 saturated carbocycles. The summed E-state index contributed by atoms with van der Waals surface area (Å²) in [6, 6.07) is 8.16. The van der Waals surface area contributed by atoms with Crippen molar-refractivity contribution < 1.29 is 9.53 Å². The first kappa shape index (κ1) is 16.8. The third-order valence-electron chi connectivity index (χ3n) is 2.71. The van der Waals surface area contributed by atoms with Crippen molar-refractivity contribution in [2.75, 3.05) is 11.4 Å². The summed E-state index contributed by atoms with van der Waals surface area (Å²) in [5, 5.41) is 0. The third kappa shape index (κ3) is 5.79. The fourth-order valence-electron chi connectivity index (χ4n) is 1.78. The van der Waals surface area contributed by atoms with Crippen LogP contribution in [0.5, 0.6) is 5.75 Å². The lowest BCUT2D eigenvalue weighted by Gasteiger charge is -2.25. The van der Waals surface area contributed by atoms with Crippen LogP contribution in [0.15, 0.2) is 36.7 Å². The highest BCUT2D eigenvalue weighted by molar-refractivity contribution is 7.94. The molecule has 110 valence electrons. The van der Waals surface area contributed by atoms with E-state index in [9.17, 15) is 4.79 Å². The van der Waals surface area contributed by atoms with Gasteiger partial charge in [-0.25, -0.2) is 3.71 Å². The zero-order valence-electron chi connectivity index (χ0n) is 11.5. The zero-order chi connectivity index (χ0) is 14.8. The first-order valence-electron chi connectivity index (χ1n) is 6.50. The molecular weight excluding hydrogens is 292 g/mol. The van der Waals surface area contributed by atoms with Crippen molar-refractivity contribution >= 4 is 37.7 Å². The number of anilines is 1. The number of nitrogens with zero attached hydrogens (tertiary/aromatic N) is 2. The maximum absolute atomic E-state index is 9.28. The number of unbranched alkanes of at least 4 members (excludes halogenated alkanes) is 2. The van der Waals surface area contributed by atoms with Gasteiger partial charge in [-0.3, -0.25) is 4.79 Å². The first-order valence-corrected chi connectivity index (χ1v) is 7.30. The molecule has 0 atom stereocenters. The Hall–Kier alpha value is -1.27. The minimum Gasteiger partial charge on any atom is -0.461 e. The quantitative estimate of drug-likeness (QED) is 0.494. The topological polar surface area (TPSA) is 32.8 Å². The molecule has 0 bridgehead atoms. The number of para-hydroxylation sites is 2. The molecule has 0 aromatic heterocycles. The second-order valence-corrected chi connectivity index (χ2v) is 5.37. The molecule has 0 radical (unpaired) electrons. The van der Waals surface area contributed by atoms with Crippen LogP contribution in [-0.2, 0) is 4.79 Å². The highest BCUT2D eigenvalue weighted by atomic mass is 32.2. The molecule has 20 heavy (non-hydrogen) atoms. The van der Waals surface area contributed by atoms with Gasteiger partial charge in [0.1, 0.15) is 12.0 Å². The number of hydrogen-bond donors (Lipinski definition) is 2. The van der Waals surface area contributed by atoms with Crippen LogP contribution in [-0.4, -0.2) is 16.7 Å². The maximum atomic E-state index is 9.28. The summed E-state index contributed by atoms with van der Waals surface area (Å²) in [6.07, 6.45) is 8.02. The molecule has 1 amide bonds. The number of ether oxygens (including phenoxy) is 1. The van der Waals surface area contributed by atoms with E-state index in [4.69, 9.17) is 4.74 Å². The molecule has 0 saturated heterocycles. The number of amides is 1. The summed E-state index contributed by atoms with van der Waals surface area (Å²) in [6.45, 7) is 3.30. The monoisotopic (exact) mass is 312 g/mol. The summed E-state index contributed by atoms with van der Waals surface area (Å²) in [7, 11) is 0. The molecule has 0 unspecified atom stereocenters. The molecule has 0 aliphatic carbocycles. The van der Waals surface area contributed by atoms with E-state index >= 15 is 0 Å². The zero-order valence-corrected chi connectivity index (χ0v) is 13.3. The lowest BCUT2D eigenvalue weighted by molar-refractivity contribution is -0.110. The van der Waals surface area contributed by atoms with Gasteiger partial charge >= 0.3 is 0 Å². The van der Waals surface area contributed by atoms with Gasteiger partial charge in [-0.05, 0) is 18.6 Å². The molecule has 0 fully saturated rings. The van der Waals surface area contributed by atoms with Crippen LogP contribution in [0, 0.1) is 0 Å². The Balaban J connectivity index is 0.000000347. The molecule has 0 spiro atoms. The predicted molar refractivity (Wildman–Crippen MR) is 89.0 cm³/mol. The van der Waals surface area contributed by atoms with Crippen LogP contribution >= 0.6 is 25.6 Å². The predicted octanol–water partition coefficient (Wildman–Crippen LogP) is 3.68. The number of carbonyl (C=O) groups is 1. The molecule has 1 aliphatic heterocycles. The molecule has 1 aliphatic rings. The molecular formula is C14H20N2O2S2. The van der Waals surface area contributed by atoms with E-state index in [1.165, 1.54) is 24.9 Å². The van der Waals surface area contributed by atoms with Crippen molar-refractivity contribution in [1.82, 2.24) is 3.71 Å². The standard InChI is InChI=1S/C13H17NO.CH3NOS2/c1-2-3-6-9-14-10-11-15-13-8-5-4-7-12(13)14;3-1-2(4)5/h4-5,7-8,10-11H,2-3,6,9H2,1H3;1,4-5H. The van der Waals surface area contributed by atoms with E-state index in [1.807, 2.05) is 24.4 Å². The largest absolute Gasteiger partial charge is 0.461 e. The van der Waals surface area contributed by atoms with Crippen molar-refractivity contribution in [3.05, 3.63) is 36.7 Å². The van der Waals surface area contributed by atoms with Crippen molar-refractivity contribution in [2.24, 2.45) is 0 Å². The van der Waals surface area contributed by atoms with Gasteiger partial charge in [0.25, 0.3) is 0 Å². The normalized spacial score (nSPS) is 11.8. The molecule has 4 nitrogen and oxygen atoms in total. The van der Waals surface area contributed by atoms with Gasteiger partial charge in [0.2, 0.25) is 6.41 Å². The van der Waals surface area contributed by atoms with Crippen LogP contribution < -0.4 is 9.64 Å². The number of thiol groups is 2. The number of hydrogen-bond acceptors (Lipinski definition) is 5. The summed E-state index contributed by atoms with van der Waals surface area (Å²) in [5.74, 6) is 0.955. The average Bonchev–Trinajstić information content (AvgIpc) is 2.48. The average molecular weight is 312 g/mol. The fourth-order valence-corrected chi connectivity index (χ4v) is 1.78. The summed E-state index contributed by atoms with van der Waals surface area (Å²) >= 11 is 6.85. The Bertz CT molecular complexity index is 439. The van der Waals surface area contributed by atoms with Gasteiger partial charge in [0.15, 0.2) is 0 Å². The van der Waals surface area contributed by atoms with Gasteiger partial charge < -0.3 is 9.64 Å². The Labute approximate surface area is 131 Å². The van der Waals surface area contributed by atoms with E-state index in [2.05, 4.69) is 43.5 Å². The van der Waals surface area contributed by atoms with Crippen LogP contribution in [0.1, 0.15) is 26.2 Å². The van der Waals surface area contributed by atoms with E-state index in [0.717, 1.165) is 16.0 Å². The highest BCUT2D eigenvalue weighted by Crippen LogP contribution is 2.31. The maximum Gasteiger partial charge on any atom is 0.229 e. The number of rotatable bonds is 5. The van der Waals surface area contributed by atoms with E-state index in [1.54, 1.807) is 6.26 Å².